The number of hydrogen-bond acceptors (Lipinski definition) is 2. The van der Waals surface area contributed by atoms with Crippen LogP contribution in [0.2, 0.25) is 0 Å². The van der Waals surface area contributed by atoms with Crippen LogP contribution in [0.5, 0.6) is 5.75 Å². The number of ether oxygens (including phenoxy) is 1. The van der Waals surface area contributed by atoms with Crippen molar-refractivity contribution in [1.29, 1.82) is 0 Å². The molecule has 1 rings (SSSR count). The highest BCUT2D eigenvalue weighted by molar-refractivity contribution is 5.67. The van der Waals surface area contributed by atoms with Gasteiger partial charge in [-0.25, -0.2) is 0 Å². The zero-order valence-corrected chi connectivity index (χ0v) is 9.83. The Hall–Kier alpha value is -1.31. The maximum atomic E-state index is 10.9. The van der Waals surface area contributed by atoms with Crippen molar-refractivity contribution in [3.05, 3.63) is 29.3 Å². The van der Waals surface area contributed by atoms with Crippen molar-refractivity contribution in [3.63, 3.8) is 0 Å². The van der Waals surface area contributed by atoms with E-state index >= 15 is 0 Å². The van der Waals surface area contributed by atoms with E-state index in [1.165, 1.54) is 0 Å². The Bertz CT molecular complexity index is 354. The average Bonchev–Trinajstić information content (AvgIpc) is 2.28. The molecule has 0 aromatic heterocycles. The lowest BCUT2D eigenvalue weighted by molar-refractivity contribution is -0.111. The van der Waals surface area contributed by atoms with Crippen LogP contribution in [-0.4, -0.2) is 13.4 Å². The van der Waals surface area contributed by atoms with Crippen LogP contribution in [0.1, 0.15) is 31.9 Å². The number of rotatable bonds is 4. The summed E-state index contributed by atoms with van der Waals surface area (Å²) in [5.74, 6) is 0.892. The molecular formula is C13H18O2. The molecule has 2 nitrogen and oxygen atoms in total. The average molecular weight is 206 g/mol. The topological polar surface area (TPSA) is 26.3 Å². The number of hydrogen-bond donors (Lipinski definition) is 0. The van der Waals surface area contributed by atoms with Crippen LogP contribution in [0.4, 0.5) is 0 Å². The lowest BCUT2D eigenvalue weighted by Gasteiger charge is -2.19. The van der Waals surface area contributed by atoms with Gasteiger partial charge in [-0.1, -0.05) is 19.1 Å². The molecule has 0 unspecified atom stereocenters. The number of aldehydes is 1. The van der Waals surface area contributed by atoms with Gasteiger partial charge in [0.1, 0.15) is 12.0 Å². The normalized spacial score (nSPS) is 11.2. The van der Waals surface area contributed by atoms with Crippen LogP contribution in [0.15, 0.2) is 18.2 Å². The van der Waals surface area contributed by atoms with Crippen molar-refractivity contribution in [2.75, 3.05) is 7.11 Å². The third-order valence-corrected chi connectivity index (χ3v) is 2.70. The summed E-state index contributed by atoms with van der Waals surface area (Å²) in [7, 11) is 1.67. The van der Waals surface area contributed by atoms with Gasteiger partial charge in [0.25, 0.3) is 0 Å². The molecule has 0 N–H and O–H groups in total. The zero-order chi connectivity index (χ0) is 11.5. The molecule has 0 heterocycles. The molecule has 0 saturated heterocycles. The summed E-state index contributed by atoms with van der Waals surface area (Å²) >= 11 is 0. The van der Waals surface area contributed by atoms with Crippen LogP contribution in [0, 0.1) is 0 Å². The molecule has 82 valence electrons. The standard InChI is InChI=1S/C13H18O2/c1-5-10-8-11(13(2,3)9-14)6-7-12(10)15-4/h6-9H,5H2,1-4H3. The van der Waals surface area contributed by atoms with E-state index in [-0.39, 0.29) is 0 Å². The molecule has 15 heavy (non-hydrogen) atoms. The molecule has 1 aromatic carbocycles. The van der Waals surface area contributed by atoms with Crippen LogP contribution in [0.25, 0.3) is 0 Å². The molecule has 0 saturated carbocycles. The number of carbonyl (C=O) groups excluding carboxylic acids is 1. The Morgan fingerprint density at radius 2 is 2.07 bits per heavy atom. The first-order valence-electron chi connectivity index (χ1n) is 5.19. The second-order valence-electron chi connectivity index (χ2n) is 4.22. The lowest BCUT2D eigenvalue weighted by Crippen LogP contribution is -2.18. The van der Waals surface area contributed by atoms with E-state index in [1.54, 1.807) is 7.11 Å². The van der Waals surface area contributed by atoms with E-state index in [2.05, 4.69) is 6.92 Å². The van der Waals surface area contributed by atoms with Gasteiger partial charge in [-0.05, 0) is 37.5 Å². The van der Waals surface area contributed by atoms with Gasteiger partial charge >= 0.3 is 0 Å². The molecular weight excluding hydrogens is 188 g/mol. The monoisotopic (exact) mass is 206 g/mol. The Labute approximate surface area is 91.3 Å². The molecule has 0 radical (unpaired) electrons. The number of aryl methyl sites for hydroxylation is 1. The van der Waals surface area contributed by atoms with Crippen molar-refractivity contribution in [2.45, 2.75) is 32.6 Å². The first kappa shape index (κ1) is 11.8. The SMILES string of the molecule is CCc1cc(C(C)(C)C=O)ccc1OC. The predicted octanol–water partition coefficient (Wildman–Crippen LogP) is 2.73. The predicted molar refractivity (Wildman–Crippen MR) is 61.5 cm³/mol. The minimum Gasteiger partial charge on any atom is -0.496 e. The lowest BCUT2D eigenvalue weighted by atomic mass is 9.85. The Morgan fingerprint density at radius 1 is 1.40 bits per heavy atom. The Morgan fingerprint density at radius 3 is 2.53 bits per heavy atom. The molecule has 0 aliphatic rings. The molecule has 0 atom stereocenters. The van der Waals surface area contributed by atoms with E-state index in [4.69, 9.17) is 4.74 Å². The largest absolute Gasteiger partial charge is 0.496 e. The van der Waals surface area contributed by atoms with E-state index < -0.39 is 5.41 Å². The summed E-state index contributed by atoms with van der Waals surface area (Å²) < 4.78 is 5.25. The maximum absolute atomic E-state index is 10.9. The second-order valence-corrected chi connectivity index (χ2v) is 4.22. The summed E-state index contributed by atoms with van der Waals surface area (Å²) in [6, 6.07) is 5.93. The zero-order valence-electron chi connectivity index (χ0n) is 9.83. The highest BCUT2D eigenvalue weighted by Crippen LogP contribution is 2.27. The van der Waals surface area contributed by atoms with Gasteiger partial charge in [0.2, 0.25) is 0 Å². The maximum Gasteiger partial charge on any atom is 0.129 e. The summed E-state index contributed by atoms with van der Waals surface area (Å²) in [5.41, 5.74) is 1.76. The number of methoxy groups -OCH3 is 1. The minimum atomic E-state index is -0.420. The highest BCUT2D eigenvalue weighted by atomic mass is 16.5. The summed E-state index contributed by atoms with van der Waals surface area (Å²) in [4.78, 5) is 10.9. The van der Waals surface area contributed by atoms with Crippen LogP contribution in [-0.2, 0) is 16.6 Å². The summed E-state index contributed by atoms with van der Waals surface area (Å²) in [6.45, 7) is 5.91. The van der Waals surface area contributed by atoms with Gasteiger partial charge < -0.3 is 9.53 Å². The fourth-order valence-electron chi connectivity index (χ4n) is 1.52. The van der Waals surface area contributed by atoms with E-state index in [9.17, 15) is 4.79 Å². The van der Waals surface area contributed by atoms with Crippen LogP contribution >= 0.6 is 0 Å². The van der Waals surface area contributed by atoms with Gasteiger partial charge in [-0.2, -0.15) is 0 Å². The van der Waals surface area contributed by atoms with Gasteiger partial charge in [-0.3, -0.25) is 0 Å². The summed E-state index contributed by atoms with van der Waals surface area (Å²) in [6.07, 6.45) is 1.89. The molecule has 2 heteroatoms. The van der Waals surface area contributed by atoms with Crippen molar-refractivity contribution in [1.82, 2.24) is 0 Å². The Balaban J connectivity index is 3.19. The van der Waals surface area contributed by atoms with E-state index in [0.29, 0.717) is 0 Å². The molecule has 1 aromatic rings. The van der Waals surface area contributed by atoms with Gasteiger partial charge in [-0.15, -0.1) is 0 Å². The third kappa shape index (κ3) is 2.38. The molecule has 0 spiro atoms. The third-order valence-electron chi connectivity index (χ3n) is 2.70. The summed E-state index contributed by atoms with van der Waals surface area (Å²) in [5, 5.41) is 0. The second kappa shape index (κ2) is 4.47. The van der Waals surface area contributed by atoms with Crippen molar-refractivity contribution in [2.24, 2.45) is 0 Å². The number of benzene rings is 1. The fourth-order valence-corrected chi connectivity index (χ4v) is 1.52. The minimum absolute atomic E-state index is 0.420. The van der Waals surface area contributed by atoms with Gasteiger partial charge in [0.15, 0.2) is 0 Å². The fraction of sp³-hybridized carbons (Fsp3) is 0.462. The van der Waals surface area contributed by atoms with Crippen molar-refractivity contribution >= 4 is 6.29 Å². The van der Waals surface area contributed by atoms with Crippen LogP contribution < -0.4 is 4.74 Å². The quantitative estimate of drug-likeness (QED) is 0.708. The van der Waals surface area contributed by atoms with E-state index in [0.717, 1.165) is 29.6 Å². The molecule has 0 fully saturated rings. The highest BCUT2D eigenvalue weighted by Gasteiger charge is 2.20. The smallest absolute Gasteiger partial charge is 0.129 e. The van der Waals surface area contributed by atoms with Gasteiger partial charge in [0.05, 0.1) is 7.11 Å². The first-order chi connectivity index (χ1) is 7.05. The van der Waals surface area contributed by atoms with Crippen molar-refractivity contribution < 1.29 is 9.53 Å². The number of carbonyl (C=O) groups is 1. The van der Waals surface area contributed by atoms with Crippen molar-refractivity contribution in [3.8, 4) is 5.75 Å². The Kier molecular flexibility index (Phi) is 3.51. The molecule has 0 aliphatic carbocycles. The van der Waals surface area contributed by atoms with E-state index in [1.807, 2.05) is 32.0 Å². The first-order valence-corrected chi connectivity index (χ1v) is 5.19. The molecule has 0 aliphatic heterocycles. The van der Waals surface area contributed by atoms with Crippen LogP contribution in [0.3, 0.4) is 0 Å². The molecule has 0 amide bonds. The van der Waals surface area contributed by atoms with Gasteiger partial charge in [0, 0.05) is 5.41 Å². The molecule has 0 bridgehead atoms.